The maximum atomic E-state index is 13.0. The van der Waals surface area contributed by atoms with Gasteiger partial charge in [-0.1, -0.05) is 17.8 Å². The van der Waals surface area contributed by atoms with E-state index in [0.29, 0.717) is 17.1 Å². The summed E-state index contributed by atoms with van der Waals surface area (Å²) in [4.78, 5) is 24.4. The van der Waals surface area contributed by atoms with Gasteiger partial charge >= 0.3 is 6.18 Å². The van der Waals surface area contributed by atoms with Crippen molar-refractivity contribution in [2.45, 2.75) is 17.8 Å². The first-order valence-electron chi connectivity index (χ1n) is 10.1. The molecular weight excluding hydrogens is 488 g/mol. The largest absolute Gasteiger partial charge is 0.455 e. The van der Waals surface area contributed by atoms with Crippen LogP contribution in [-0.2, 0) is 15.8 Å². The van der Waals surface area contributed by atoms with Gasteiger partial charge in [0.25, 0.3) is 0 Å². The number of furan rings is 1. The molecule has 0 saturated carbocycles. The van der Waals surface area contributed by atoms with Crippen molar-refractivity contribution < 1.29 is 31.6 Å². The van der Waals surface area contributed by atoms with Gasteiger partial charge in [-0.25, -0.2) is 4.39 Å². The predicted octanol–water partition coefficient (Wildman–Crippen LogP) is 5.05. The van der Waals surface area contributed by atoms with E-state index in [0.717, 1.165) is 23.9 Å². The third kappa shape index (κ3) is 6.35. The second-order valence-corrected chi connectivity index (χ2v) is 8.48. The number of hydrogen-bond acceptors (Lipinski definition) is 6. The minimum Gasteiger partial charge on any atom is -0.455 e. The first-order chi connectivity index (χ1) is 16.7. The summed E-state index contributed by atoms with van der Waals surface area (Å²) in [6.45, 7) is 0. The molecule has 7 nitrogen and oxygen atoms in total. The molecule has 3 aromatic rings. The molecule has 0 spiro atoms. The summed E-state index contributed by atoms with van der Waals surface area (Å²) in [7, 11) is 0. The van der Waals surface area contributed by atoms with Crippen LogP contribution >= 0.6 is 11.8 Å². The first kappa shape index (κ1) is 24.2. The Labute approximate surface area is 200 Å². The van der Waals surface area contributed by atoms with E-state index < -0.39 is 28.8 Å². The topological polar surface area (TPSA) is 96.1 Å². The van der Waals surface area contributed by atoms with Crippen LogP contribution in [0.2, 0.25) is 0 Å². The van der Waals surface area contributed by atoms with Crippen molar-refractivity contribution in [2.24, 2.45) is 10.2 Å². The lowest BCUT2D eigenvalue weighted by atomic mass is 10.2. The molecule has 180 valence electrons. The molecule has 4 rings (SSSR count). The van der Waals surface area contributed by atoms with Gasteiger partial charge in [0.2, 0.25) is 11.8 Å². The molecule has 1 unspecified atom stereocenters. The van der Waals surface area contributed by atoms with Gasteiger partial charge in [0.05, 0.1) is 11.8 Å². The van der Waals surface area contributed by atoms with Gasteiger partial charge in [-0.15, -0.1) is 5.10 Å². The fraction of sp³-hybridized carbons (Fsp3) is 0.130. The zero-order valence-electron chi connectivity index (χ0n) is 17.7. The van der Waals surface area contributed by atoms with Crippen LogP contribution in [0.5, 0.6) is 0 Å². The molecule has 1 atom stereocenters. The van der Waals surface area contributed by atoms with Gasteiger partial charge in [0, 0.05) is 17.7 Å². The summed E-state index contributed by atoms with van der Waals surface area (Å²) in [6.07, 6.45) is -3.49. The average Bonchev–Trinajstić information content (AvgIpc) is 3.40. The van der Waals surface area contributed by atoms with Gasteiger partial charge in [-0.05, 0) is 54.6 Å². The summed E-state index contributed by atoms with van der Waals surface area (Å²) in [6, 6.07) is 13.3. The zero-order valence-corrected chi connectivity index (χ0v) is 18.5. The fourth-order valence-corrected chi connectivity index (χ4v) is 3.99. The molecule has 1 saturated heterocycles. The molecule has 12 heteroatoms. The number of halogens is 4. The molecule has 35 heavy (non-hydrogen) atoms. The number of thioether (sulfide) groups is 1. The van der Waals surface area contributed by atoms with E-state index in [1.54, 1.807) is 24.3 Å². The van der Waals surface area contributed by atoms with Gasteiger partial charge in [0.1, 0.15) is 22.6 Å². The minimum absolute atomic E-state index is 0.0230. The molecule has 0 aliphatic carbocycles. The van der Waals surface area contributed by atoms with Gasteiger partial charge in [-0.3, -0.25) is 9.59 Å². The maximum absolute atomic E-state index is 13.0. The van der Waals surface area contributed by atoms with E-state index >= 15 is 0 Å². The summed E-state index contributed by atoms with van der Waals surface area (Å²) in [5.74, 6) is -0.569. The van der Waals surface area contributed by atoms with Crippen LogP contribution in [0.15, 0.2) is 75.3 Å². The number of carbonyl (C=O) groups is 2. The van der Waals surface area contributed by atoms with Crippen molar-refractivity contribution in [1.29, 1.82) is 0 Å². The number of benzene rings is 2. The Morgan fingerprint density at radius 2 is 1.91 bits per heavy atom. The third-order valence-corrected chi connectivity index (χ3v) is 5.78. The smallest absolute Gasteiger partial charge is 0.416 e. The molecule has 1 aliphatic rings. The number of carbonyl (C=O) groups excluding carboxylic acids is 2. The summed E-state index contributed by atoms with van der Waals surface area (Å²) in [5.41, 5.74) is -0.232. The molecule has 1 aromatic heterocycles. The van der Waals surface area contributed by atoms with Gasteiger partial charge in [0.15, 0.2) is 5.17 Å². The van der Waals surface area contributed by atoms with Crippen LogP contribution in [0.3, 0.4) is 0 Å². The molecule has 0 radical (unpaired) electrons. The highest BCUT2D eigenvalue weighted by molar-refractivity contribution is 8.15. The number of hydrogen-bond donors (Lipinski definition) is 2. The highest BCUT2D eigenvalue weighted by atomic mass is 32.2. The lowest BCUT2D eigenvalue weighted by Crippen LogP contribution is -2.28. The van der Waals surface area contributed by atoms with E-state index in [-0.39, 0.29) is 23.1 Å². The highest BCUT2D eigenvalue weighted by Gasteiger charge is 2.33. The van der Waals surface area contributed by atoms with Gasteiger partial charge < -0.3 is 15.1 Å². The lowest BCUT2D eigenvalue weighted by Gasteiger charge is -2.10. The third-order valence-electron chi connectivity index (χ3n) is 4.71. The SMILES string of the molecule is O=C(CC1S/C(=N/N=C/c2ccc(-c3ccc(F)cc3)o2)NC1=O)Nc1cccc(C(F)(F)F)c1. The molecule has 2 heterocycles. The molecule has 2 amide bonds. The van der Waals surface area contributed by atoms with Crippen molar-refractivity contribution in [3.63, 3.8) is 0 Å². The Bertz CT molecular complexity index is 1300. The zero-order chi connectivity index (χ0) is 25.0. The van der Waals surface area contributed by atoms with E-state index in [4.69, 9.17) is 4.42 Å². The molecule has 1 fully saturated rings. The Morgan fingerprint density at radius 3 is 2.66 bits per heavy atom. The van der Waals surface area contributed by atoms with Crippen molar-refractivity contribution in [2.75, 3.05) is 5.32 Å². The molecule has 2 N–H and O–H groups in total. The number of amides is 2. The quantitative estimate of drug-likeness (QED) is 0.279. The molecule has 1 aliphatic heterocycles. The second kappa shape index (κ2) is 10.1. The first-order valence-corrected chi connectivity index (χ1v) is 11.0. The van der Waals surface area contributed by atoms with Crippen LogP contribution in [0.1, 0.15) is 17.7 Å². The fourth-order valence-electron chi connectivity index (χ4n) is 3.07. The normalized spacial score (nSPS) is 17.2. The van der Waals surface area contributed by atoms with Crippen molar-refractivity contribution in [3.8, 4) is 11.3 Å². The van der Waals surface area contributed by atoms with E-state index in [9.17, 15) is 27.2 Å². The van der Waals surface area contributed by atoms with Crippen LogP contribution in [0, 0.1) is 5.82 Å². The second-order valence-electron chi connectivity index (χ2n) is 7.29. The Morgan fingerprint density at radius 1 is 1.14 bits per heavy atom. The predicted molar refractivity (Wildman–Crippen MR) is 123 cm³/mol. The van der Waals surface area contributed by atoms with Crippen LogP contribution < -0.4 is 10.6 Å². The Hall–Kier alpha value is -3.93. The molecular formula is C23H16F4N4O3S. The number of alkyl halides is 3. The number of nitrogens with zero attached hydrogens (tertiary/aromatic N) is 2. The van der Waals surface area contributed by atoms with Crippen LogP contribution in [-0.4, -0.2) is 28.4 Å². The highest BCUT2D eigenvalue weighted by Crippen LogP contribution is 2.31. The lowest BCUT2D eigenvalue weighted by molar-refractivity contribution is -0.137. The Balaban J connectivity index is 1.32. The Kier molecular flexibility index (Phi) is 7.01. The summed E-state index contributed by atoms with van der Waals surface area (Å²) in [5, 5.41) is 12.0. The molecule has 2 aromatic carbocycles. The average molecular weight is 504 g/mol. The van der Waals surface area contributed by atoms with E-state index in [1.807, 2.05) is 0 Å². The van der Waals surface area contributed by atoms with Crippen LogP contribution in [0.4, 0.5) is 23.2 Å². The van der Waals surface area contributed by atoms with Gasteiger partial charge in [-0.2, -0.15) is 18.3 Å². The number of amidine groups is 1. The van der Waals surface area contributed by atoms with Crippen LogP contribution in [0.25, 0.3) is 11.3 Å². The minimum atomic E-state index is -4.54. The number of anilines is 1. The number of nitrogens with one attached hydrogen (secondary N) is 2. The van der Waals surface area contributed by atoms with E-state index in [2.05, 4.69) is 20.8 Å². The molecule has 0 bridgehead atoms. The maximum Gasteiger partial charge on any atom is 0.416 e. The number of rotatable bonds is 6. The summed E-state index contributed by atoms with van der Waals surface area (Å²) < 4.78 is 57.1. The standard InChI is InChI=1S/C23H16F4N4O3S/c24-15-6-4-13(5-7-15)18-9-8-17(34-18)12-28-31-22-30-21(33)19(35-22)11-20(32)29-16-3-1-2-14(10-16)23(25,26)27/h1-10,12,19H,11H2,(H,29,32)(H,30,31,33)/b28-12+. The van der Waals surface area contributed by atoms with Crippen molar-refractivity contribution in [1.82, 2.24) is 5.32 Å². The van der Waals surface area contributed by atoms with E-state index in [1.165, 1.54) is 30.5 Å². The van der Waals surface area contributed by atoms with Crippen molar-refractivity contribution >= 4 is 40.6 Å². The summed E-state index contributed by atoms with van der Waals surface area (Å²) >= 11 is 0.972. The monoisotopic (exact) mass is 504 g/mol. The van der Waals surface area contributed by atoms with Crippen molar-refractivity contribution in [3.05, 3.63) is 77.8 Å².